The highest BCUT2D eigenvalue weighted by Gasteiger charge is 2.14. The highest BCUT2D eigenvalue weighted by atomic mass is 35.5. The maximum atomic E-state index is 13.7. The van der Waals surface area contributed by atoms with Crippen LogP contribution in [-0.2, 0) is 0 Å². The van der Waals surface area contributed by atoms with Gasteiger partial charge in [0.2, 0.25) is 11.4 Å². The second-order valence-electron chi connectivity index (χ2n) is 12.3. The third kappa shape index (κ3) is 11.4. The molecule has 6 aromatic carbocycles. The fourth-order valence-electron chi connectivity index (χ4n) is 5.49. The van der Waals surface area contributed by atoms with Gasteiger partial charge in [0, 0.05) is 28.3 Å². The molecular weight excluding hydrogens is 765 g/mol. The minimum Gasteiger partial charge on any atom is -0.423 e. The lowest BCUT2D eigenvalue weighted by Gasteiger charge is -2.09. The number of halogens is 3. The molecule has 8 nitrogen and oxygen atoms in total. The van der Waals surface area contributed by atoms with Crippen LogP contribution in [0, 0.1) is 24.8 Å². The summed E-state index contributed by atoms with van der Waals surface area (Å²) >= 11 is 6.10. The molecule has 8 aromatic rings. The zero-order chi connectivity index (χ0) is 40.9. The lowest BCUT2D eigenvalue weighted by molar-refractivity contribution is 0.425. The quantitative estimate of drug-likeness (QED) is 0.0987. The molecule has 0 radical (unpaired) electrons. The highest BCUT2D eigenvalue weighted by Crippen LogP contribution is 2.30. The fraction of sp³-hybridized carbons (Fsp3) is 0.0213. The largest absolute Gasteiger partial charge is 0.487 e. The van der Waals surface area contributed by atoms with Crippen molar-refractivity contribution in [2.24, 2.45) is 0 Å². The first-order valence-corrected chi connectivity index (χ1v) is 18.0. The molecule has 0 atom stereocenters. The third-order valence-electron chi connectivity index (χ3n) is 8.38. The van der Waals surface area contributed by atoms with Crippen LogP contribution in [0.25, 0.3) is 66.2 Å². The first-order chi connectivity index (χ1) is 28.2. The predicted octanol–water partition coefficient (Wildman–Crippen LogP) is 11.3. The summed E-state index contributed by atoms with van der Waals surface area (Å²) in [5.41, 5.74) is 6.66. The topological polar surface area (TPSA) is 101 Å². The van der Waals surface area contributed by atoms with Crippen molar-refractivity contribution in [2.75, 3.05) is 0 Å². The predicted molar refractivity (Wildman–Crippen MR) is 232 cm³/mol. The fourth-order valence-corrected chi connectivity index (χ4v) is 5.68. The van der Waals surface area contributed by atoms with Crippen molar-refractivity contribution in [1.82, 2.24) is 19.9 Å². The Bertz CT molecular complexity index is 2600. The summed E-state index contributed by atoms with van der Waals surface area (Å²) in [6.07, 6.45) is 0. The van der Waals surface area contributed by atoms with Gasteiger partial charge in [0.1, 0.15) is 16.8 Å². The normalized spacial score (nSPS) is 9.95. The van der Waals surface area contributed by atoms with Crippen LogP contribution in [0.1, 0.15) is 7.43 Å². The van der Waals surface area contributed by atoms with E-state index in [9.17, 15) is 8.78 Å². The molecule has 0 saturated carbocycles. The molecule has 0 saturated heterocycles. The van der Waals surface area contributed by atoms with Crippen molar-refractivity contribution in [2.45, 2.75) is 7.43 Å². The molecule has 0 amide bonds. The van der Waals surface area contributed by atoms with Crippen LogP contribution in [0.5, 0.6) is 0 Å². The maximum Gasteiger partial charge on any atom is 0.487 e. The number of hydrogen-bond donors (Lipinski definition) is 2. The third-order valence-corrected chi connectivity index (χ3v) is 8.57. The summed E-state index contributed by atoms with van der Waals surface area (Å²) in [5, 5.41) is 17.8. The summed E-state index contributed by atoms with van der Waals surface area (Å²) < 4.78 is 26.4. The van der Waals surface area contributed by atoms with Gasteiger partial charge in [-0.25, -0.2) is 38.4 Å². The number of nitrogens with zero attached hydrogens (tertiary/aromatic N) is 6. The zero-order valence-electron chi connectivity index (χ0n) is 30.5. The Morgan fingerprint density at radius 2 is 0.847 bits per heavy atom. The van der Waals surface area contributed by atoms with E-state index in [1.54, 1.807) is 12.1 Å². The first-order valence-electron chi connectivity index (χ1n) is 17.6. The van der Waals surface area contributed by atoms with Crippen LogP contribution >= 0.6 is 11.6 Å². The second-order valence-corrected chi connectivity index (χ2v) is 12.7. The van der Waals surface area contributed by atoms with Crippen LogP contribution < -0.4 is 5.46 Å². The lowest BCUT2D eigenvalue weighted by Crippen LogP contribution is -2.29. The van der Waals surface area contributed by atoms with E-state index in [-0.39, 0.29) is 24.3 Å². The average molecular weight is 799 g/mol. The molecule has 0 aliphatic heterocycles. The van der Waals surface area contributed by atoms with E-state index in [2.05, 4.69) is 24.6 Å². The van der Waals surface area contributed by atoms with Gasteiger partial charge in [-0.1, -0.05) is 159 Å². The van der Waals surface area contributed by atoms with Crippen molar-refractivity contribution in [3.8, 4) is 56.5 Å². The molecule has 0 unspecified atom stereocenters. The van der Waals surface area contributed by atoms with Crippen molar-refractivity contribution >= 4 is 35.6 Å². The lowest BCUT2D eigenvalue weighted by atomic mass is 9.80. The van der Waals surface area contributed by atoms with Crippen LogP contribution in [-0.4, -0.2) is 37.1 Å². The van der Waals surface area contributed by atoms with E-state index in [4.69, 9.17) is 39.8 Å². The summed E-state index contributed by atoms with van der Waals surface area (Å²) in [6.45, 7) is 13.7. The monoisotopic (exact) mass is 798 g/mol. The van der Waals surface area contributed by atoms with Crippen LogP contribution in [0.2, 0.25) is 5.15 Å². The minimum atomic E-state index is -1.66. The van der Waals surface area contributed by atoms with Gasteiger partial charge in [-0.3, -0.25) is 0 Å². The minimum absolute atomic E-state index is 0. The molecule has 0 aliphatic carbocycles. The van der Waals surface area contributed by atoms with E-state index in [0.717, 1.165) is 45.8 Å². The summed E-state index contributed by atoms with van der Waals surface area (Å²) in [5.74, 6) is 0.0383. The van der Waals surface area contributed by atoms with E-state index >= 15 is 0 Å². The van der Waals surface area contributed by atoms with Crippen molar-refractivity contribution in [3.05, 3.63) is 209 Å². The van der Waals surface area contributed by atoms with E-state index in [0.29, 0.717) is 28.1 Å². The smallest absolute Gasteiger partial charge is 0.423 e. The summed E-state index contributed by atoms with van der Waals surface area (Å²) in [6, 6.07) is 50.8. The van der Waals surface area contributed by atoms with Gasteiger partial charge < -0.3 is 10.0 Å². The molecule has 0 spiro atoms. The molecule has 59 heavy (non-hydrogen) atoms. The van der Waals surface area contributed by atoms with E-state index in [1.807, 2.05) is 127 Å². The highest BCUT2D eigenvalue weighted by molar-refractivity contribution is 6.58. The Labute approximate surface area is 346 Å². The Morgan fingerprint density at radius 3 is 1.31 bits per heavy atom. The SMILES string of the molecule is C.Clc1cc(-c2ccccc2)nc(-c2ccccc2)n1.[C-]#[N+]c1cc(-c2cc(-c3ccccc3)nc(-c3ccccc3)n2)ccc1F.[C-]#[N+]c1cc(B(O)O)ccc1F. The molecule has 0 fully saturated rings. The number of aromatic nitrogens is 4. The molecule has 288 valence electrons. The van der Waals surface area contributed by atoms with Gasteiger partial charge in [0.15, 0.2) is 11.6 Å². The van der Waals surface area contributed by atoms with Gasteiger partial charge in [0.05, 0.1) is 30.2 Å². The van der Waals surface area contributed by atoms with Gasteiger partial charge in [-0.2, -0.15) is 0 Å². The Morgan fingerprint density at radius 1 is 0.458 bits per heavy atom. The molecular formula is C47H34BClF2N6O2. The molecule has 2 N–H and O–H groups in total. The second kappa shape index (κ2) is 20.7. The number of benzene rings is 6. The first kappa shape index (κ1) is 42.7. The molecule has 8 rings (SSSR count). The molecule has 2 heterocycles. The summed E-state index contributed by atoms with van der Waals surface area (Å²) in [4.78, 5) is 24.4. The molecule has 0 bridgehead atoms. The van der Waals surface area contributed by atoms with E-state index < -0.39 is 18.8 Å². The van der Waals surface area contributed by atoms with Gasteiger partial charge in [-0.15, -0.1) is 0 Å². The molecule has 2 aromatic heterocycles. The van der Waals surface area contributed by atoms with Crippen molar-refractivity contribution in [1.29, 1.82) is 0 Å². The van der Waals surface area contributed by atoms with Crippen LogP contribution in [0.15, 0.2) is 170 Å². The Hall–Kier alpha value is -7.41. The van der Waals surface area contributed by atoms with Crippen molar-refractivity contribution in [3.63, 3.8) is 0 Å². The van der Waals surface area contributed by atoms with Gasteiger partial charge in [0.25, 0.3) is 0 Å². The van der Waals surface area contributed by atoms with Crippen molar-refractivity contribution < 1.29 is 18.8 Å². The van der Waals surface area contributed by atoms with E-state index in [1.165, 1.54) is 18.2 Å². The van der Waals surface area contributed by atoms with Crippen LogP contribution in [0.3, 0.4) is 0 Å². The maximum absolute atomic E-state index is 13.7. The van der Waals surface area contributed by atoms with Crippen LogP contribution in [0.4, 0.5) is 20.2 Å². The molecule has 12 heteroatoms. The number of hydrogen-bond acceptors (Lipinski definition) is 6. The molecule has 0 aliphatic rings. The Balaban J connectivity index is 0.000000180. The van der Waals surface area contributed by atoms with Gasteiger partial charge >= 0.3 is 7.12 Å². The number of rotatable bonds is 6. The van der Waals surface area contributed by atoms with Gasteiger partial charge in [-0.05, 0) is 35.3 Å². The zero-order valence-corrected chi connectivity index (χ0v) is 31.2. The standard InChI is InChI=1S/C23H14FN3.C16H11ClN2.C7H5BFNO2.CH4/c1-25-22-14-18(12-13-19(22)24)21-15-20(16-8-4-2-5-9-16)26-23(27-21)17-10-6-3-7-11-17;17-15-11-14(12-7-3-1-4-8-12)18-16(19-15)13-9-5-2-6-10-13;1-10-7-4-5(8(11)12)2-3-6(7)9;/h2-15H;1-11H;2-4,11-12H;1H4. The Kier molecular flexibility index (Phi) is 15.0. The average Bonchev–Trinajstić information content (AvgIpc) is 3.28. The summed E-state index contributed by atoms with van der Waals surface area (Å²) in [7, 11) is -1.66.